The Morgan fingerprint density at radius 2 is 1.51 bits per heavy atom. The fourth-order valence-electron chi connectivity index (χ4n) is 9.36. The Labute approximate surface area is 388 Å². The van der Waals surface area contributed by atoms with Crippen molar-refractivity contribution in [1.82, 2.24) is 24.6 Å². The molecule has 2 saturated heterocycles. The van der Waals surface area contributed by atoms with Crippen LogP contribution in [0.1, 0.15) is 74.3 Å². The van der Waals surface area contributed by atoms with Gasteiger partial charge in [-0.25, -0.2) is 14.2 Å². The van der Waals surface area contributed by atoms with Crippen LogP contribution in [-0.4, -0.2) is 133 Å². The summed E-state index contributed by atoms with van der Waals surface area (Å²) in [4.78, 5) is 62.6. The highest BCUT2D eigenvalue weighted by atomic mass is 19.4. The van der Waals surface area contributed by atoms with E-state index < -0.39 is 64.6 Å². The van der Waals surface area contributed by atoms with E-state index in [4.69, 9.17) is 14.6 Å². The van der Waals surface area contributed by atoms with Gasteiger partial charge in [0.1, 0.15) is 30.4 Å². The van der Waals surface area contributed by atoms with E-state index in [1.54, 1.807) is 19.0 Å². The van der Waals surface area contributed by atoms with E-state index in [2.05, 4.69) is 22.0 Å². The van der Waals surface area contributed by atoms with Crippen molar-refractivity contribution in [3.63, 3.8) is 0 Å². The quantitative estimate of drug-likeness (QED) is 0.126. The topological polar surface area (TPSA) is 136 Å². The summed E-state index contributed by atoms with van der Waals surface area (Å²) >= 11 is 0. The molecule has 7 rings (SSSR count). The standard InChI is InChI=1S/C48H51F7N6O7/c1-57(18-6-19-58(2)43(64)39-14-13-37(27-56-39)59(3)44(65)66)41(62)28-67-40-25-31-7-4-5-8-38(31)45(40)15-20-60(21-16-45)22-17-46(33-9-11-36(49)12-10-33)29-61(30-68-46)42(63)32-23-34(47(50,51)52)26-35(24-32)48(53,54)55/h4-5,7-14,23-24,26-27,40H,6,15-22,25,28-30H2,1-3H3,(H,65,66)/t40-,46-/m0/s1. The van der Waals surface area contributed by atoms with Crippen molar-refractivity contribution in [3.05, 3.63) is 130 Å². The highest BCUT2D eigenvalue weighted by molar-refractivity contribution is 5.95. The van der Waals surface area contributed by atoms with E-state index in [1.807, 2.05) is 12.1 Å². The Morgan fingerprint density at radius 3 is 2.13 bits per heavy atom. The predicted molar refractivity (Wildman–Crippen MR) is 233 cm³/mol. The van der Waals surface area contributed by atoms with Gasteiger partial charge in [-0.1, -0.05) is 36.4 Å². The Balaban J connectivity index is 0.961. The van der Waals surface area contributed by atoms with E-state index in [0.29, 0.717) is 81.8 Å². The normalized spacial score (nSPS) is 19.2. The number of fused-ring (bicyclic) bond motifs is 2. The average Bonchev–Trinajstić information content (AvgIpc) is 3.89. The predicted octanol–water partition coefficient (Wildman–Crippen LogP) is 7.68. The first-order chi connectivity index (χ1) is 32.1. The number of anilines is 1. The Hall–Kier alpha value is -6.12. The maximum Gasteiger partial charge on any atom is 0.416 e. The van der Waals surface area contributed by atoms with E-state index in [9.17, 15) is 49.9 Å². The number of halogens is 7. The number of amides is 4. The third-order valence-electron chi connectivity index (χ3n) is 13.4. The van der Waals surface area contributed by atoms with Gasteiger partial charge in [0.25, 0.3) is 11.8 Å². The zero-order valence-corrected chi connectivity index (χ0v) is 37.6. The lowest BCUT2D eigenvalue weighted by Crippen LogP contribution is -2.50. The summed E-state index contributed by atoms with van der Waals surface area (Å²) in [7, 11) is 4.65. The lowest BCUT2D eigenvalue weighted by Gasteiger charge is -2.44. The molecule has 0 radical (unpaired) electrons. The highest BCUT2D eigenvalue weighted by Crippen LogP contribution is 2.48. The van der Waals surface area contributed by atoms with E-state index >= 15 is 0 Å². The maximum atomic E-state index is 14.1. The van der Waals surface area contributed by atoms with Gasteiger partial charge >= 0.3 is 18.4 Å². The SMILES string of the molecule is CN(CCCN(C)C(=O)c1ccc(N(C)C(=O)O)cn1)C(=O)CO[C@H]1Cc2ccccc2C12CCN(CC[C@@]1(c3ccc(F)cc3)CN(C(=O)c3cc(C(F)(F)F)cc(C(F)(F)F)c3)CO1)CC2. The van der Waals surface area contributed by atoms with Gasteiger partial charge in [-0.05, 0) is 104 Å². The van der Waals surface area contributed by atoms with Crippen LogP contribution in [0.3, 0.4) is 0 Å². The third-order valence-corrected chi connectivity index (χ3v) is 13.4. The first kappa shape index (κ1) is 49.8. The highest BCUT2D eigenvalue weighted by Gasteiger charge is 2.50. The van der Waals surface area contributed by atoms with Crippen LogP contribution in [0.2, 0.25) is 0 Å². The lowest BCUT2D eigenvalue weighted by molar-refractivity contribution is -0.143. The first-order valence-corrected chi connectivity index (χ1v) is 21.9. The number of aromatic nitrogens is 1. The smallest absolute Gasteiger partial charge is 0.416 e. The summed E-state index contributed by atoms with van der Waals surface area (Å²) < 4.78 is 109. The molecular formula is C48H51F7N6O7. The van der Waals surface area contributed by atoms with Crippen LogP contribution in [0.5, 0.6) is 0 Å². The monoisotopic (exact) mass is 956 g/mol. The number of carbonyl (C=O) groups is 4. The summed E-state index contributed by atoms with van der Waals surface area (Å²) in [6, 6.07) is 17.2. The van der Waals surface area contributed by atoms with Gasteiger partial charge in [0.2, 0.25) is 5.91 Å². The van der Waals surface area contributed by atoms with Gasteiger partial charge in [-0.15, -0.1) is 0 Å². The number of alkyl halides is 6. The van der Waals surface area contributed by atoms with Crippen LogP contribution >= 0.6 is 0 Å². The molecule has 2 atom stereocenters. The average molecular weight is 957 g/mol. The number of benzene rings is 3. The van der Waals surface area contributed by atoms with Gasteiger partial charge in [0.05, 0.1) is 35.7 Å². The number of hydrogen-bond donors (Lipinski definition) is 1. The molecule has 2 aliphatic heterocycles. The zero-order chi connectivity index (χ0) is 49.2. The molecule has 2 fully saturated rings. The maximum absolute atomic E-state index is 14.1. The number of rotatable bonds is 14. The van der Waals surface area contributed by atoms with Gasteiger partial charge in [-0.3, -0.25) is 19.3 Å². The summed E-state index contributed by atoms with van der Waals surface area (Å²) in [6.07, 6.45) is -7.80. The second-order valence-corrected chi connectivity index (χ2v) is 17.6. The molecule has 0 bridgehead atoms. The van der Waals surface area contributed by atoms with Crippen molar-refractivity contribution in [2.24, 2.45) is 0 Å². The van der Waals surface area contributed by atoms with Crippen molar-refractivity contribution >= 4 is 29.5 Å². The minimum Gasteiger partial charge on any atom is -0.465 e. The Bertz CT molecular complexity index is 2450. The minimum absolute atomic E-state index is 0.0367. The molecule has 3 aliphatic rings. The first-order valence-electron chi connectivity index (χ1n) is 21.9. The second-order valence-electron chi connectivity index (χ2n) is 17.6. The summed E-state index contributed by atoms with van der Waals surface area (Å²) in [5.41, 5.74) is -2.46. The van der Waals surface area contributed by atoms with E-state index in [1.165, 1.54) is 54.5 Å². The zero-order valence-electron chi connectivity index (χ0n) is 37.6. The van der Waals surface area contributed by atoms with Crippen molar-refractivity contribution in [2.75, 3.05) is 78.6 Å². The molecule has 1 N–H and O–H groups in total. The van der Waals surface area contributed by atoms with Crippen LogP contribution in [-0.2, 0) is 44.1 Å². The number of likely N-dealkylation sites (N-methyl/N-ethyl adjacent to an activating group) is 1. The Morgan fingerprint density at radius 1 is 0.868 bits per heavy atom. The number of carbonyl (C=O) groups excluding carboxylic acids is 3. The number of pyridine rings is 1. The number of carboxylic acid groups (broad SMARTS) is 1. The molecule has 68 heavy (non-hydrogen) atoms. The molecular weight excluding hydrogens is 906 g/mol. The third kappa shape index (κ3) is 10.8. The Kier molecular flexibility index (Phi) is 14.5. The molecule has 1 aromatic heterocycles. The largest absolute Gasteiger partial charge is 0.465 e. The fraction of sp³-hybridized carbons (Fsp3) is 0.438. The van der Waals surface area contributed by atoms with E-state index in [0.717, 1.165) is 20.9 Å². The van der Waals surface area contributed by atoms with Crippen LogP contribution < -0.4 is 4.90 Å². The fourth-order valence-corrected chi connectivity index (χ4v) is 9.36. The molecule has 3 aromatic carbocycles. The molecule has 4 amide bonds. The molecule has 1 aliphatic carbocycles. The number of ether oxygens (including phenoxy) is 2. The number of piperidine rings is 1. The van der Waals surface area contributed by atoms with Crippen LogP contribution in [0.15, 0.2) is 85.1 Å². The van der Waals surface area contributed by atoms with E-state index in [-0.39, 0.29) is 49.3 Å². The van der Waals surface area contributed by atoms with Crippen molar-refractivity contribution in [3.8, 4) is 0 Å². The molecule has 20 heteroatoms. The van der Waals surface area contributed by atoms with Crippen molar-refractivity contribution in [2.45, 2.75) is 61.6 Å². The number of nitrogens with zero attached hydrogens (tertiary/aromatic N) is 6. The van der Waals surface area contributed by atoms with Gasteiger partial charge < -0.3 is 34.2 Å². The van der Waals surface area contributed by atoms with Gasteiger partial charge in [-0.2, -0.15) is 26.3 Å². The second kappa shape index (κ2) is 19.8. The molecule has 3 heterocycles. The molecule has 1 spiro atoms. The van der Waals surface area contributed by atoms with Crippen LogP contribution in [0.4, 0.5) is 41.2 Å². The molecule has 13 nitrogen and oxygen atoms in total. The van der Waals surface area contributed by atoms with Crippen LogP contribution in [0.25, 0.3) is 0 Å². The molecule has 0 saturated carbocycles. The summed E-state index contributed by atoms with van der Waals surface area (Å²) in [5.74, 6) is -2.20. The minimum atomic E-state index is -5.14. The molecule has 0 unspecified atom stereocenters. The van der Waals surface area contributed by atoms with Gasteiger partial charge in [0, 0.05) is 51.8 Å². The van der Waals surface area contributed by atoms with Crippen LogP contribution in [0, 0.1) is 5.82 Å². The molecule has 4 aromatic rings. The summed E-state index contributed by atoms with van der Waals surface area (Å²) in [6.45, 7) is 1.48. The van der Waals surface area contributed by atoms with Crippen molar-refractivity contribution < 1.29 is 64.5 Å². The van der Waals surface area contributed by atoms with Gasteiger partial charge in [0.15, 0.2) is 0 Å². The molecule has 364 valence electrons. The number of hydrogen-bond acceptors (Lipinski definition) is 8. The number of likely N-dealkylation sites (tertiary alicyclic amines) is 1. The lowest BCUT2D eigenvalue weighted by atomic mass is 9.72. The van der Waals surface area contributed by atoms with Crippen molar-refractivity contribution in [1.29, 1.82) is 0 Å². The summed E-state index contributed by atoms with van der Waals surface area (Å²) in [5, 5.41) is 9.17.